The molecular weight excluding hydrogens is 452 g/mol. The van der Waals surface area contributed by atoms with Crippen LogP contribution < -0.4 is 33.2 Å². The SMILES string of the molecule is CC(NC(=O)C(CCCCN)NC(=O)C(N)CCCCN)C(=O)NC(Cc1ccccc1)C(=O)O. The number of benzene rings is 1. The van der Waals surface area contributed by atoms with Crippen molar-refractivity contribution in [2.75, 3.05) is 13.1 Å². The van der Waals surface area contributed by atoms with Crippen LogP contribution in [0.5, 0.6) is 0 Å². The molecule has 0 saturated carbocycles. The van der Waals surface area contributed by atoms with Gasteiger partial charge in [-0.1, -0.05) is 36.8 Å². The maximum atomic E-state index is 12.9. The van der Waals surface area contributed by atoms with Crippen molar-refractivity contribution in [3.05, 3.63) is 35.9 Å². The van der Waals surface area contributed by atoms with Crippen LogP contribution in [0.25, 0.3) is 0 Å². The molecule has 0 fully saturated rings. The normalized spacial score (nSPS) is 14.3. The predicted molar refractivity (Wildman–Crippen MR) is 133 cm³/mol. The van der Waals surface area contributed by atoms with Crippen molar-refractivity contribution in [1.82, 2.24) is 16.0 Å². The Morgan fingerprint density at radius 1 is 0.800 bits per heavy atom. The Morgan fingerprint density at radius 2 is 1.37 bits per heavy atom. The molecule has 4 unspecified atom stereocenters. The van der Waals surface area contributed by atoms with Crippen LogP contribution in [0.4, 0.5) is 0 Å². The molecular formula is C24H40N6O5. The third kappa shape index (κ3) is 11.8. The zero-order valence-corrected chi connectivity index (χ0v) is 20.4. The van der Waals surface area contributed by atoms with Gasteiger partial charge in [-0.15, -0.1) is 0 Å². The molecule has 1 rings (SSSR count). The van der Waals surface area contributed by atoms with Crippen molar-refractivity contribution in [1.29, 1.82) is 0 Å². The van der Waals surface area contributed by atoms with Gasteiger partial charge in [0.05, 0.1) is 6.04 Å². The number of aliphatic carboxylic acids is 1. The summed E-state index contributed by atoms with van der Waals surface area (Å²) in [5.74, 6) is -2.84. The molecule has 1 aromatic carbocycles. The fourth-order valence-corrected chi connectivity index (χ4v) is 3.41. The van der Waals surface area contributed by atoms with Crippen LogP contribution in [0.15, 0.2) is 30.3 Å². The number of carboxylic acid groups (broad SMARTS) is 1. The zero-order chi connectivity index (χ0) is 26.2. The molecule has 35 heavy (non-hydrogen) atoms. The van der Waals surface area contributed by atoms with Gasteiger partial charge in [0.15, 0.2) is 0 Å². The predicted octanol–water partition coefficient (Wildman–Crippen LogP) is -0.627. The van der Waals surface area contributed by atoms with Gasteiger partial charge in [0.25, 0.3) is 0 Å². The van der Waals surface area contributed by atoms with Gasteiger partial charge in [-0.3, -0.25) is 14.4 Å². The Bertz CT molecular complexity index is 807. The van der Waals surface area contributed by atoms with E-state index in [0.717, 1.165) is 12.0 Å². The maximum absolute atomic E-state index is 12.9. The van der Waals surface area contributed by atoms with Crippen LogP contribution >= 0.6 is 0 Å². The first-order valence-corrected chi connectivity index (χ1v) is 12.0. The van der Waals surface area contributed by atoms with E-state index >= 15 is 0 Å². The number of unbranched alkanes of at least 4 members (excludes halogenated alkanes) is 2. The molecule has 0 saturated heterocycles. The van der Waals surface area contributed by atoms with E-state index in [1.165, 1.54) is 6.92 Å². The molecule has 196 valence electrons. The second-order valence-electron chi connectivity index (χ2n) is 8.56. The van der Waals surface area contributed by atoms with Crippen molar-refractivity contribution in [3.8, 4) is 0 Å². The Morgan fingerprint density at radius 3 is 1.94 bits per heavy atom. The minimum absolute atomic E-state index is 0.0996. The summed E-state index contributed by atoms with van der Waals surface area (Å²) in [5.41, 5.74) is 17.7. The number of carbonyl (C=O) groups excluding carboxylic acids is 3. The van der Waals surface area contributed by atoms with Gasteiger partial charge >= 0.3 is 5.97 Å². The summed E-state index contributed by atoms with van der Waals surface area (Å²) in [4.78, 5) is 49.6. The first-order valence-electron chi connectivity index (χ1n) is 12.0. The van der Waals surface area contributed by atoms with Crippen LogP contribution in [-0.2, 0) is 25.6 Å². The molecule has 10 N–H and O–H groups in total. The molecule has 0 heterocycles. The number of hydrogen-bond donors (Lipinski definition) is 7. The highest BCUT2D eigenvalue weighted by Crippen LogP contribution is 2.06. The van der Waals surface area contributed by atoms with E-state index in [2.05, 4.69) is 16.0 Å². The average molecular weight is 493 g/mol. The van der Waals surface area contributed by atoms with Crippen molar-refractivity contribution in [3.63, 3.8) is 0 Å². The first kappa shape index (κ1) is 30.0. The second-order valence-corrected chi connectivity index (χ2v) is 8.56. The van der Waals surface area contributed by atoms with Crippen LogP contribution in [0.3, 0.4) is 0 Å². The smallest absolute Gasteiger partial charge is 0.326 e. The van der Waals surface area contributed by atoms with Crippen molar-refractivity contribution in [2.45, 2.75) is 76.0 Å². The van der Waals surface area contributed by atoms with E-state index in [9.17, 15) is 24.3 Å². The highest BCUT2D eigenvalue weighted by Gasteiger charge is 2.28. The number of amides is 3. The Labute approximate surface area is 206 Å². The molecule has 0 aromatic heterocycles. The van der Waals surface area contributed by atoms with E-state index in [0.29, 0.717) is 45.2 Å². The Hall–Kier alpha value is -3.02. The summed E-state index contributed by atoms with van der Waals surface area (Å²) in [6.07, 6.45) is 3.56. The Kier molecular flexibility index (Phi) is 14.2. The van der Waals surface area contributed by atoms with Crippen LogP contribution in [0, 0.1) is 0 Å². The molecule has 11 nitrogen and oxygen atoms in total. The number of carboxylic acids is 1. The average Bonchev–Trinajstić information content (AvgIpc) is 2.83. The zero-order valence-electron chi connectivity index (χ0n) is 20.4. The minimum atomic E-state index is -1.18. The van der Waals surface area contributed by atoms with Gasteiger partial charge in [-0.25, -0.2) is 4.79 Å². The summed E-state index contributed by atoms with van der Waals surface area (Å²) >= 11 is 0. The van der Waals surface area contributed by atoms with E-state index < -0.39 is 47.9 Å². The van der Waals surface area contributed by atoms with E-state index in [1.54, 1.807) is 24.3 Å². The number of nitrogens with two attached hydrogens (primary N) is 3. The molecule has 0 radical (unpaired) electrons. The fourth-order valence-electron chi connectivity index (χ4n) is 3.41. The quantitative estimate of drug-likeness (QED) is 0.139. The lowest BCUT2D eigenvalue weighted by Gasteiger charge is -2.23. The van der Waals surface area contributed by atoms with Crippen molar-refractivity contribution >= 4 is 23.7 Å². The molecule has 0 aliphatic carbocycles. The third-order valence-electron chi connectivity index (χ3n) is 5.54. The van der Waals surface area contributed by atoms with Gasteiger partial charge in [-0.05, 0) is 57.7 Å². The highest BCUT2D eigenvalue weighted by atomic mass is 16.4. The number of rotatable bonds is 17. The topological polar surface area (TPSA) is 203 Å². The molecule has 0 aliphatic heterocycles. The van der Waals surface area contributed by atoms with Gasteiger partial charge < -0.3 is 38.3 Å². The Balaban J connectivity index is 2.74. The monoisotopic (exact) mass is 492 g/mol. The summed E-state index contributed by atoms with van der Waals surface area (Å²) < 4.78 is 0. The fraction of sp³-hybridized carbons (Fsp3) is 0.583. The standard InChI is InChI=1S/C24H40N6O5/c1-16(21(31)30-20(24(34)35)15-17-9-3-2-4-10-17)28-23(33)19(12-6-8-14-26)29-22(32)18(27)11-5-7-13-25/h2-4,9-10,16,18-20H,5-8,11-15,25-27H2,1H3,(H,28,33)(H,29,32)(H,30,31)(H,34,35). The maximum Gasteiger partial charge on any atom is 0.326 e. The second kappa shape index (κ2) is 16.6. The molecule has 11 heteroatoms. The number of carbonyl (C=O) groups is 4. The minimum Gasteiger partial charge on any atom is -0.480 e. The van der Waals surface area contributed by atoms with Crippen LogP contribution in [0.1, 0.15) is 51.0 Å². The molecule has 4 atom stereocenters. The lowest BCUT2D eigenvalue weighted by atomic mass is 10.0. The van der Waals surface area contributed by atoms with Crippen LogP contribution in [-0.4, -0.2) is 66.1 Å². The van der Waals surface area contributed by atoms with E-state index in [4.69, 9.17) is 17.2 Å². The molecule has 1 aromatic rings. The van der Waals surface area contributed by atoms with Gasteiger partial charge in [0, 0.05) is 6.42 Å². The molecule has 3 amide bonds. The summed E-state index contributed by atoms with van der Waals surface area (Å²) in [6, 6.07) is 5.05. The number of hydrogen-bond acceptors (Lipinski definition) is 7. The number of nitrogens with one attached hydrogen (secondary N) is 3. The third-order valence-corrected chi connectivity index (χ3v) is 5.54. The van der Waals surface area contributed by atoms with Crippen molar-refractivity contribution in [2.24, 2.45) is 17.2 Å². The molecule has 0 aliphatic rings. The molecule has 0 spiro atoms. The highest BCUT2D eigenvalue weighted by molar-refractivity contribution is 5.93. The van der Waals surface area contributed by atoms with Gasteiger partial charge in [0.2, 0.25) is 17.7 Å². The lowest BCUT2D eigenvalue weighted by molar-refractivity contribution is -0.142. The van der Waals surface area contributed by atoms with Crippen molar-refractivity contribution < 1.29 is 24.3 Å². The molecule has 0 bridgehead atoms. The summed E-state index contributed by atoms with van der Waals surface area (Å²) in [6.45, 7) is 2.40. The van der Waals surface area contributed by atoms with E-state index in [1.807, 2.05) is 6.07 Å². The summed E-state index contributed by atoms with van der Waals surface area (Å²) in [7, 11) is 0. The van der Waals surface area contributed by atoms with Gasteiger partial charge in [-0.2, -0.15) is 0 Å². The largest absolute Gasteiger partial charge is 0.480 e. The summed E-state index contributed by atoms with van der Waals surface area (Å²) in [5, 5.41) is 17.2. The van der Waals surface area contributed by atoms with Gasteiger partial charge in [0.1, 0.15) is 18.1 Å². The van der Waals surface area contributed by atoms with Crippen LogP contribution in [0.2, 0.25) is 0 Å². The van der Waals surface area contributed by atoms with E-state index in [-0.39, 0.29) is 6.42 Å². The first-order chi connectivity index (χ1) is 16.7. The lowest BCUT2D eigenvalue weighted by Crippen LogP contribution is -2.56.